The first-order valence-electron chi connectivity index (χ1n) is 4.22. The van der Waals surface area contributed by atoms with Crippen LogP contribution in [0.2, 0.25) is 0 Å². The maximum atomic E-state index is 5.07. The Kier molecular flexibility index (Phi) is 2.40. The second-order valence-electron chi connectivity index (χ2n) is 2.77. The molecule has 2 aromatic rings. The van der Waals surface area contributed by atoms with Crippen molar-refractivity contribution in [3.05, 3.63) is 49.2 Å². The van der Waals surface area contributed by atoms with E-state index in [9.17, 15) is 0 Å². The Morgan fingerprint density at radius 2 is 2.00 bits per heavy atom. The van der Waals surface area contributed by atoms with Crippen LogP contribution in [-0.2, 0) is 0 Å². The van der Waals surface area contributed by atoms with E-state index in [1.165, 1.54) is 6.39 Å². The first-order valence-corrected chi connectivity index (χ1v) is 4.22. The lowest BCUT2D eigenvalue weighted by Gasteiger charge is -1.95. The van der Waals surface area contributed by atoms with Crippen LogP contribution in [0.3, 0.4) is 0 Å². The van der Waals surface area contributed by atoms with Gasteiger partial charge in [-0.3, -0.25) is 0 Å². The molecule has 3 heteroatoms. The van der Waals surface area contributed by atoms with Gasteiger partial charge in [-0.25, -0.2) is 0 Å². The summed E-state index contributed by atoms with van der Waals surface area (Å²) in [6, 6.07) is 7.81. The molecule has 0 aliphatic carbocycles. The molecule has 69 valence electrons. The quantitative estimate of drug-likeness (QED) is 0.721. The second-order valence-corrected chi connectivity index (χ2v) is 2.77. The van der Waals surface area contributed by atoms with E-state index < -0.39 is 0 Å². The highest BCUT2D eigenvalue weighted by Crippen LogP contribution is 2.16. The molecular formula is C11H9N2O. The van der Waals surface area contributed by atoms with Crippen LogP contribution in [0, 0.1) is 6.92 Å². The molecular weight excluding hydrogens is 176 g/mol. The van der Waals surface area contributed by atoms with Crippen molar-refractivity contribution in [2.45, 2.75) is 0 Å². The van der Waals surface area contributed by atoms with Crippen LogP contribution in [0.25, 0.3) is 17.5 Å². The smallest absolute Gasteiger partial charge is 0.247 e. The van der Waals surface area contributed by atoms with E-state index in [4.69, 9.17) is 4.42 Å². The number of hydrogen-bond acceptors (Lipinski definition) is 3. The molecule has 0 saturated heterocycles. The van der Waals surface area contributed by atoms with Crippen LogP contribution in [0.15, 0.2) is 41.2 Å². The van der Waals surface area contributed by atoms with Crippen molar-refractivity contribution in [2.75, 3.05) is 0 Å². The van der Waals surface area contributed by atoms with Gasteiger partial charge in [-0.15, -0.1) is 10.2 Å². The number of aromatic nitrogens is 2. The predicted octanol–water partition coefficient (Wildman–Crippen LogP) is 2.58. The van der Waals surface area contributed by atoms with Crippen molar-refractivity contribution in [1.29, 1.82) is 0 Å². The lowest BCUT2D eigenvalue weighted by molar-refractivity contribution is 0.568. The monoisotopic (exact) mass is 185 g/mol. The van der Waals surface area contributed by atoms with Crippen LogP contribution in [0.5, 0.6) is 0 Å². The van der Waals surface area contributed by atoms with E-state index in [0.717, 1.165) is 11.1 Å². The zero-order valence-corrected chi connectivity index (χ0v) is 7.55. The third-order valence-electron chi connectivity index (χ3n) is 1.83. The van der Waals surface area contributed by atoms with Crippen molar-refractivity contribution in [1.82, 2.24) is 10.2 Å². The van der Waals surface area contributed by atoms with Crippen LogP contribution in [-0.4, -0.2) is 10.2 Å². The highest BCUT2D eigenvalue weighted by molar-refractivity contribution is 5.58. The molecule has 0 bridgehead atoms. The molecule has 0 spiro atoms. The Morgan fingerprint density at radius 1 is 1.21 bits per heavy atom. The molecule has 3 nitrogen and oxygen atoms in total. The number of nitrogens with zero attached hydrogens (tertiary/aromatic N) is 2. The summed E-state index contributed by atoms with van der Waals surface area (Å²) < 4.78 is 5.07. The second kappa shape index (κ2) is 3.87. The van der Waals surface area contributed by atoms with E-state index in [1.54, 1.807) is 6.08 Å². The van der Waals surface area contributed by atoms with Gasteiger partial charge < -0.3 is 4.42 Å². The van der Waals surface area contributed by atoms with E-state index in [1.807, 2.05) is 30.3 Å². The van der Waals surface area contributed by atoms with Crippen molar-refractivity contribution < 1.29 is 4.42 Å². The maximum absolute atomic E-state index is 5.07. The van der Waals surface area contributed by atoms with Crippen LogP contribution in [0.4, 0.5) is 0 Å². The average molecular weight is 185 g/mol. The van der Waals surface area contributed by atoms with E-state index >= 15 is 0 Å². The van der Waals surface area contributed by atoms with Crippen molar-refractivity contribution in [2.24, 2.45) is 0 Å². The Balaban J connectivity index is 2.31. The fraction of sp³-hybridized carbons (Fsp3) is 0. The summed E-state index contributed by atoms with van der Waals surface area (Å²) in [5, 5.41) is 7.43. The van der Waals surface area contributed by atoms with Crippen molar-refractivity contribution in [3.63, 3.8) is 0 Å². The summed E-state index contributed by atoms with van der Waals surface area (Å²) in [6.45, 7) is 3.63. The van der Waals surface area contributed by atoms with Crippen LogP contribution >= 0.6 is 0 Å². The molecule has 14 heavy (non-hydrogen) atoms. The lowest BCUT2D eigenvalue weighted by atomic mass is 10.1. The number of benzene rings is 1. The van der Waals surface area contributed by atoms with Gasteiger partial charge in [-0.2, -0.15) is 0 Å². The molecule has 0 atom stereocenters. The fourth-order valence-electron chi connectivity index (χ4n) is 1.17. The average Bonchev–Trinajstić information content (AvgIpc) is 2.72. The summed E-state index contributed by atoms with van der Waals surface area (Å²) >= 11 is 0. The first kappa shape index (κ1) is 8.69. The minimum absolute atomic E-state index is 0.537. The molecule has 1 radical (unpaired) electrons. The molecule has 0 aliphatic heterocycles. The molecule has 0 fully saturated rings. The third-order valence-corrected chi connectivity index (χ3v) is 1.83. The largest absolute Gasteiger partial charge is 0.423 e. The van der Waals surface area contributed by atoms with Crippen LogP contribution < -0.4 is 0 Å². The standard InChI is InChI=1S/C11H9N2O/c1-2-3-9-4-6-10(7-5-9)11-13-12-8-14-11/h2-8H,1H2/b3-2+. The van der Waals surface area contributed by atoms with Gasteiger partial charge in [0, 0.05) is 5.56 Å². The third kappa shape index (κ3) is 1.71. The highest BCUT2D eigenvalue weighted by atomic mass is 16.4. The summed E-state index contributed by atoms with van der Waals surface area (Å²) in [5.74, 6) is 0.537. The summed E-state index contributed by atoms with van der Waals surface area (Å²) in [7, 11) is 0. The Hall–Kier alpha value is -1.90. The van der Waals surface area contributed by atoms with Gasteiger partial charge >= 0.3 is 0 Å². The molecule has 0 aliphatic rings. The van der Waals surface area contributed by atoms with Gasteiger partial charge in [0.25, 0.3) is 0 Å². The molecule has 1 aromatic heterocycles. The van der Waals surface area contributed by atoms with Gasteiger partial charge in [-0.1, -0.05) is 24.3 Å². The highest BCUT2D eigenvalue weighted by Gasteiger charge is 2.01. The minimum Gasteiger partial charge on any atom is -0.423 e. The zero-order valence-electron chi connectivity index (χ0n) is 7.55. The molecule has 1 heterocycles. The summed E-state index contributed by atoms with van der Waals surface area (Å²) in [5.41, 5.74) is 2.02. The lowest BCUT2D eigenvalue weighted by Crippen LogP contribution is -1.78. The molecule has 0 N–H and O–H groups in total. The number of allylic oxidation sites excluding steroid dienone is 1. The number of hydrogen-bond donors (Lipinski definition) is 0. The SMILES string of the molecule is [CH2]/C=C/c1ccc(-c2nnco2)cc1. The zero-order chi connectivity index (χ0) is 9.80. The maximum Gasteiger partial charge on any atom is 0.247 e. The van der Waals surface area contributed by atoms with Crippen LogP contribution in [0.1, 0.15) is 5.56 Å². The Bertz CT molecular complexity index is 415. The molecule has 0 saturated carbocycles. The predicted molar refractivity (Wildman–Crippen MR) is 54.1 cm³/mol. The van der Waals surface area contributed by atoms with Gasteiger partial charge in [0.15, 0.2) is 0 Å². The normalized spacial score (nSPS) is 10.9. The summed E-state index contributed by atoms with van der Waals surface area (Å²) in [6.07, 6.45) is 5.00. The van der Waals surface area contributed by atoms with Crippen molar-refractivity contribution in [3.8, 4) is 11.5 Å². The first-order chi connectivity index (χ1) is 6.90. The van der Waals surface area contributed by atoms with E-state index in [2.05, 4.69) is 17.1 Å². The van der Waals surface area contributed by atoms with Gasteiger partial charge in [0.2, 0.25) is 12.3 Å². The minimum atomic E-state index is 0.537. The molecule has 1 aromatic carbocycles. The Labute approximate surface area is 82.1 Å². The Morgan fingerprint density at radius 3 is 2.57 bits per heavy atom. The van der Waals surface area contributed by atoms with Crippen molar-refractivity contribution >= 4 is 6.08 Å². The van der Waals surface area contributed by atoms with Gasteiger partial charge in [0.1, 0.15) is 0 Å². The fourth-order valence-corrected chi connectivity index (χ4v) is 1.17. The summed E-state index contributed by atoms with van der Waals surface area (Å²) in [4.78, 5) is 0. The molecule has 0 unspecified atom stereocenters. The van der Waals surface area contributed by atoms with E-state index in [-0.39, 0.29) is 0 Å². The molecule has 2 rings (SSSR count). The van der Waals surface area contributed by atoms with Gasteiger partial charge in [-0.05, 0) is 24.6 Å². The molecule has 0 amide bonds. The van der Waals surface area contributed by atoms with E-state index in [0.29, 0.717) is 5.89 Å². The van der Waals surface area contributed by atoms with Gasteiger partial charge in [0.05, 0.1) is 0 Å². The number of rotatable bonds is 2. The topological polar surface area (TPSA) is 38.9 Å².